The Bertz CT molecular complexity index is 708. The lowest BCUT2D eigenvalue weighted by Gasteiger charge is -2.20. The number of hydrogen-bond donors (Lipinski definition) is 1. The van der Waals surface area contributed by atoms with Gasteiger partial charge in [-0.25, -0.2) is 4.79 Å². The molecule has 0 spiro atoms. The molecule has 2 aromatic rings. The molecular formula is C20H26N2O2. The lowest BCUT2D eigenvalue weighted by Crippen LogP contribution is -2.32. The highest BCUT2D eigenvalue weighted by Crippen LogP contribution is 2.27. The minimum absolute atomic E-state index is 0.0539. The maximum atomic E-state index is 12.5. The molecule has 0 bridgehead atoms. The number of ether oxygens (including phenoxy) is 1. The first-order valence-electron chi connectivity index (χ1n) is 8.77. The van der Waals surface area contributed by atoms with Crippen LogP contribution in [0.4, 0.5) is 10.5 Å². The number of rotatable bonds is 5. The second-order valence-electron chi connectivity index (χ2n) is 6.61. The molecule has 1 saturated heterocycles. The van der Waals surface area contributed by atoms with Crippen LogP contribution in [0.15, 0.2) is 36.4 Å². The molecule has 2 amide bonds. The first-order chi connectivity index (χ1) is 11.6. The Morgan fingerprint density at radius 2 is 2.12 bits per heavy atom. The summed E-state index contributed by atoms with van der Waals surface area (Å²) in [6.07, 6.45) is 4.72. The maximum Gasteiger partial charge on any atom is 0.321 e. The summed E-state index contributed by atoms with van der Waals surface area (Å²) in [5.74, 6) is 0. The quantitative estimate of drug-likeness (QED) is 0.874. The molecule has 1 aliphatic rings. The Morgan fingerprint density at radius 3 is 2.92 bits per heavy atom. The highest BCUT2D eigenvalue weighted by molar-refractivity contribution is 6.02. The van der Waals surface area contributed by atoms with E-state index in [0.717, 1.165) is 54.4 Å². The van der Waals surface area contributed by atoms with Gasteiger partial charge >= 0.3 is 6.03 Å². The fourth-order valence-corrected chi connectivity index (χ4v) is 3.28. The first kappa shape index (κ1) is 16.8. The van der Waals surface area contributed by atoms with E-state index in [1.807, 2.05) is 26.1 Å². The molecule has 1 fully saturated rings. The van der Waals surface area contributed by atoms with E-state index in [-0.39, 0.29) is 6.03 Å². The Hall–Kier alpha value is -2.07. The SMILES string of the molecule is Cc1ccc2ccccc2c1NC(=O)N(C)CCC[C@@H]1CCCO1. The lowest BCUT2D eigenvalue weighted by atomic mass is 10.0. The molecule has 2 aromatic carbocycles. The topological polar surface area (TPSA) is 41.6 Å². The third-order valence-corrected chi connectivity index (χ3v) is 4.76. The second-order valence-corrected chi connectivity index (χ2v) is 6.61. The van der Waals surface area contributed by atoms with E-state index in [0.29, 0.717) is 6.10 Å². The normalized spacial score (nSPS) is 17.2. The molecule has 3 rings (SSSR count). The van der Waals surface area contributed by atoms with Crippen LogP contribution in [0, 0.1) is 6.92 Å². The number of urea groups is 1. The van der Waals surface area contributed by atoms with Gasteiger partial charge in [-0.2, -0.15) is 0 Å². The van der Waals surface area contributed by atoms with Crippen LogP contribution >= 0.6 is 0 Å². The fourth-order valence-electron chi connectivity index (χ4n) is 3.28. The van der Waals surface area contributed by atoms with Crippen LogP contribution in [0.1, 0.15) is 31.2 Å². The van der Waals surface area contributed by atoms with E-state index in [9.17, 15) is 4.79 Å². The number of amides is 2. The maximum absolute atomic E-state index is 12.5. The van der Waals surface area contributed by atoms with Gasteiger partial charge in [-0.3, -0.25) is 0 Å². The van der Waals surface area contributed by atoms with Crippen molar-refractivity contribution in [3.05, 3.63) is 42.0 Å². The van der Waals surface area contributed by atoms with Crippen LogP contribution in [0.2, 0.25) is 0 Å². The van der Waals surface area contributed by atoms with Gasteiger partial charge in [0.25, 0.3) is 0 Å². The van der Waals surface area contributed by atoms with Gasteiger partial charge in [0.1, 0.15) is 0 Å². The van der Waals surface area contributed by atoms with Crippen molar-refractivity contribution in [2.45, 2.75) is 38.7 Å². The summed E-state index contributed by atoms with van der Waals surface area (Å²) < 4.78 is 5.64. The van der Waals surface area contributed by atoms with E-state index in [2.05, 4.69) is 29.6 Å². The Labute approximate surface area is 143 Å². The molecule has 1 heterocycles. The fraction of sp³-hybridized carbons (Fsp3) is 0.450. The minimum Gasteiger partial charge on any atom is -0.378 e. The number of nitrogens with zero attached hydrogens (tertiary/aromatic N) is 1. The molecule has 0 aromatic heterocycles. The smallest absolute Gasteiger partial charge is 0.321 e. The molecule has 0 aliphatic carbocycles. The standard InChI is InChI=1S/C20H26N2O2/c1-15-11-12-16-7-3-4-10-18(16)19(15)21-20(23)22(2)13-5-8-17-9-6-14-24-17/h3-4,7,10-12,17H,5-6,8-9,13-14H2,1-2H3,(H,21,23)/t17-/m1/s1. The van der Waals surface area contributed by atoms with Gasteiger partial charge in [-0.05, 0) is 43.6 Å². The van der Waals surface area contributed by atoms with Crippen LogP contribution < -0.4 is 5.32 Å². The average Bonchev–Trinajstić information content (AvgIpc) is 3.10. The molecule has 0 radical (unpaired) electrons. The predicted octanol–water partition coefficient (Wildman–Crippen LogP) is 4.57. The third-order valence-electron chi connectivity index (χ3n) is 4.76. The van der Waals surface area contributed by atoms with Crippen molar-refractivity contribution in [1.82, 2.24) is 4.90 Å². The van der Waals surface area contributed by atoms with Crippen molar-refractivity contribution >= 4 is 22.5 Å². The monoisotopic (exact) mass is 326 g/mol. The molecule has 24 heavy (non-hydrogen) atoms. The van der Waals surface area contributed by atoms with Gasteiger partial charge in [0.2, 0.25) is 0 Å². The first-order valence-corrected chi connectivity index (χ1v) is 8.77. The largest absolute Gasteiger partial charge is 0.378 e. The lowest BCUT2D eigenvalue weighted by molar-refractivity contribution is 0.101. The number of nitrogens with one attached hydrogen (secondary N) is 1. The van der Waals surface area contributed by atoms with E-state index in [1.54, 1.807) is 4.90 Å². The number of benzene rings is 2. The zero-order valence-corrected chi connectivity index (χ0v) is 14.5. The van der Waals surface area contributed by atoms with Crippen LogP contribution in [0.3, 0.4) is 0 Å². The Morgan fingerprint density at radius 1 is 1.29 bits per heavy atom. The third kappa shape index (κ3) is 3.88. The van der Waals surface area contributed by atoms with Gasteiger partial charge in [-0.15, -0.1) is 0 Å². The van der Waals surface area contributed by atoms with Crippen LogP contribution in [0.25, 0.3) is 10.8 Å². The summed E-state index contributed by atoms with van der Waals surface area (Å²) in [7, 11) is 1.85. The summed E-state index contributed by atoms with van der Waals surface area (Å²) in [4.78, 5) is 14.3. The zero-order chi connectivity index (χ0) is 16.9. The van der Waals surface area contributed by atoms with E-state index < -0.39 is 0 Å². The highest BCUT2D eigenvalue weighted by Gasteiger charge is 2.16. The number of carbonyl (C=O) groups excluding carboxylic acids is 1. The van der Waals surface area contributed by atoms with Gasteiger partial charge < -0.3 is 15.0 Å². The van der Waals surface area contributed by atoms with Crippen LogP contribution in [-0.2, 0) is 4.74 Å². The van der Waals surface area contributed by atoms with Gasteiger partial charge in [0, 0.05) is 25.6 Å². The van der Waals surface area contributed by atoms with Crippen molar-refractivity contribution in [3.63, 3.8) is 0 Å². The van der Waals surface area contributed by atoms with Gasteiger partial charge in [0.15, 0.2) is 0 Å². The number of aryl methyl sites for hydroxylation is 1. The molecule has 4 nitrogen and oxygen atoms in total. The molecular weight excluding hydrogens is 300 g/mol. The van der Waals surface area contributed by atoms with Crippen molar-refractivity contribution in [2.24, 2.45) is 0 Å². The molecule has 1 N–H and O–H groups in total. The molecule has 0 saturated carbocycles. The summed E-state index contributed by atoms with van der Waals surface area (Å²) in [5, 5.41) is 5.31. The Balaban J connectivity index is 1.60. The summed E-state index contributed by atoms with van der Waals surface area (Å²) in [6.45, 7) is 3.66. The van der Waals surface area contributed by atoms with E-state index in [4.69, 9.17) is 4.74 Å². The molecule has 4 heteroatoms. The van der Waals surface area contributed by atoms with Crippen molar-refractivity contribution < 1.29 is 9.53 Å². The average molecular weight is 326 g/mol. The zero-order valence-electron chi connectivity index (χ0n) is 14.5. The number of hydrogen-bond acceptors (Lipinski definition) is 2. The number of carbonyl (C=O) groups is 1. The summed E-state index contributed by atoms with van der Waals surface area (Å²) in [5.41, 5.74) is 1.99. The van der Waals surface area contributed by atoms with Crippen LogP contribution in [-0.4, -0.2) is 37.2 Å². The van der Waals surface area contributed by atoms with E-state index in [1.165, 1.54) is 6.42 Å². The van der Waals surface area contributed by atoms with Crippen molar-refractivity contribution in [1.29, 1.82) is 0 Å². The van der Waals surface area contributed by atoms with Crippen molar-refractivity contribution in [3.8, 4) is 0 Å². The Kier molecular flexibility index (Phi) is 5.36. The van der Waals surface area contributed by atoms with E-state index >= 15 is 0 Å². The molecule has 128 valence electrons. The van der Waals surface area contributed by atoms with Crippen molar-refractivity contribution in [2.75, 3.05) is 25.5 Å². The molecule has 0 unspecified atom stereocenters. The van der Waals surface area contributed by atoms with Gasteiger partial charge in [-0.1, -0.05) is 36.4 Å². The van der Waals surface area contributed by atoms with Crippen LogP contribution in [0.5, 0.6) is 0 Å². The second kappa shape index (κ2) is 7.67. The summed E-state index contributed by atoms with van der Waals surface area (Å²) in [6, 6.07) is 12.2. The number of anilines is 1. The molecule has 1 aliphatic heterocycles. The minimum atomic E-state index is -0.0539. The predicted molar refractivity (Wildman–Crippen MR) is 98.5 cm³/mol. The highest BCUT2D eigenvalue weighted by atomic mass is 16.5. The molecule has 1 atom stereocenters. The van der Waals surface area contributed by atoms with Gasteiger partial charge in [0.05, 0.1) is 11.8 Å². The number of fused-ring (bicyclic) bond motifs is 1. The summed E-state index contributed by atoms with van der Waals surface area (Å²) >= 11 is 0.